The number of thiophene rings is 1. The van der Waals surface area contributed by atoms with E-state index in [1.54, 1.807) is 24.6 Å². The summed E-state index contributed by atoms with van der Waals surface area (Å²) >= 11 is 4.12. The average molecular weight is 388 g/mol. The highest BCUT2D eigenvalue weighted by Gasteiger charge is 2.15. The van der Waals surface area contributed by atoms with Gasteiger partial charge in [0.25, 0.3) is 0 Å². The zero-order valence-corrected chi connectivity index (χ0v) is 14.0. The molecule has 102 valence electrons. The molecule has 0 aliphatic rings. The predicted octanol–water partition coefficient (Wildman–Crippen LogP) is 3.85. The first-order chi connectivity index (χ1) is 9.24. The molecule has 1 atom stereocenters. The van der Waals surface area contributed by atoms with Crippen molar-refractivity contribution in [1.82, 2.24) is 10.3 Å². The first kappa shape index (κ1) is 14.7. The van der Waals surface area contributed by atoms with E-state index in [9.17, 15) is 0 Å². The van der Waals surface area contributed by atoms with Crippen LogP contribution in [-0.4, -0.2) is 18.6 Å². The van der Waals surface area contributed by atoms with E-state index in [1.807, 2.05) is 12.3 Å². The number of pyridine rings is 1. The summed E-state index contributed by atoms with van der Waals surface area (Å²) in [6.45, 7) is 3.15. The second kappa shape index (κ2) is 7.21. The summed E-state index contributed by atoms with van der Waals surface area (Å²) in [6, 6.07) is 4.45. The molecule has 19 heavy (non-hydrogen) atoms. The Morgan fingerprint density at radius 2 is 2.21 bits per heavy atom. The highest BCUT2D eigenvalue weighted by atomic mass is 127. The Bertz CT molecular complexity index is 530. The third kappa shape index (κ3) is 3.90. The van der Waals surface area contributed by atoms with E-state index in [1.165, 1.54) is 8.45 Å². The van der Waals surface area contributed by atoms with Crippen molar-refractivity contribution in [2.75, 3.05) is 13.7 Å². The van der Waals surface area contributed by atoms with Gasteiger partial charge in [-0.05, 0) is 64.2 Å². The van der Waals surface area contributed by atoms with Crippen LogP contribution in [0.25, 0.3) is 0 Å². The van der Waals surface area contributed by atoms with Gasteiger partial charge < -0.3 is 10.1 Å². The van der Waals surface area contributed by atoms with Crippen LogP contribution in [0.5, 0.6) is 5.75 Å². The summed E-state index contributed by atoms with van der Waals surface area (Å²) in [4.78, 5) is 4.25. The van der Waals surface area contributed by atoms with Crippen LogP contribution >= 0.6 is 33.9 Å². The minimum absolute atomic E-state index is 0.183. The largest absolute Gasteiger partial charge is 0.495 e. The van der Waals surface area contributed by atoms with Gasteiger partial charge in [0.2, 0.25) is 0 Å². The van der Waals surface area contributed by atoms with Crippen molar-refractivity contribution < 1.29 is 4.74 Å². The van der Waals surface area contributed by atoms with Crippen LogP contribution in [0, 0.1) is 2.88 Å². The fourth-order valence-electron chi connectivity index (χ4n) is 1.90. The van der Waals surface area contributed by atoms with Crippen molar-refractivity contribution in [3.63, 3.8) is 0 Å². The van der Waals surface area contributed by atoms with E-state index >= 15 is 0 Å². The maximum atomic E-state index is 5.26. The zero-order chi connectivity index (χ0) is 13.7. The van der Waals surface area contributed by atoms with Gasteiger partial charge >= 0.3 is 0 Å². The summed E-state index contributed by atoms with van der Waals surface area (Å²) in [5.41, 5.74) is 2.43. The van der Waals surface area contributed by atoms with Gasteiger partial charge in [-0.2, -0.15) is 0 Å². The summed E-state index contributed by atoms with van der Waals surface area (Å²) in [6.07, 6.45) is 4.74. The minimum Gasteiger partial charge on any atom is -0.495 e. The molecule has 0 aromatic carbocycles. The lowest BCUT2D eigenvalue weighted by atomic mass is 10.0. The van der Waals surface area contributed by atoms with Crippen LogP contribution in [0.4, 0.5) is 0 Å². The van der Waals surface area contributed by atoms with Crippen LogP contribution in [0.1, 0.15) is 30.5 Å². The Hall–Kier alpha value is -0.660. The number of halogens is 1. The molecule has 1 unspecified atom stereocenters. The molecule has 0 fully saturated rings. The maximum Gasteiger partial charge on any atom is 0.137 e. The topological polar surface area (TPSA) is 34.2 Å². The second-order valence-corrected chi connectivity index (χ2v) is 7.03. The van der Waals surface area contributed by atoms with Crippen LogP contribution in [0.2, 0.25) is 0 Å². The Labute approximate surface area is 131 Å². The highest BCUT2D eigenvalue weighted by molar-refractivity contribution is 14.1. The van der Waals surface area contributed by atoms with E-state index in [-0.39, 0.29) is 6.04 Å². The molecular weight excluding hydrogens is 371 g/mol. The first-order valence-corrected chi connectivity index (χ1v) is 8.16. The molecule has 0 radical (unpaired) electrons. The van der Waals surface area contributed by atoms with E-state index in [2.05, 4.69) is 51.3 Å². The molecule has 1 N–H and O–H groups in total. The monoisotopic (exact) mass is 388 g/mol. The van der Waals surface area contributed by atoms with Gasteiger partial charge in [0, 0.05) is 6.20 Å². The van der Waals surface area contributed by atoms with Crippen LogP contribution in [0.3, 0.4) is 0 Å². The van der Waals surface area contributed by atoms with Crippen LogP contribution < -0.4 is 10.1 Å². The fourth-order valence-corrected chi connectivity index (χ4v) is 3.29. The smallest absolute Gasteiger partial charge is 0.137 e. The number of hydrogen-bond donors (Lipinski definition) is 1. The summed E-state index contributed by atoms with van der Waals surface area (Å²) < 4.78 is 6.56. The SMILES string of the molecule is CCCNC(c1cncc(OC)c1)c1csc(I)c1. The number of nitrogens with zero attached hydrogens (tertiary/aromatic N) is 1. The molecule has 0 bridgehead atoms. The molecule has 0 aliphatic heterocycles. The van der Waals surface area contributed by atoms with Crippen molar-refractivity contribution in [3.8, 4) is 5.75 Å². The molecule has 5 heteroatoms. The predicted molar refractivity (Wildman–Crippen MR) is 88.0 cm³/mol. The Kier molecular flexibility index (Phi) is 5.59. The third-order valence-corrected chi connectivity index (χ3v) is 4.63. The lowest BCUT2D eigenvalue weighted by Gasteiger charge is -2.18. The van der Waals surface area contributed by atoms with Gasteiger partial charge in [0.1, 0.15) is 5.75 Å². The number of ether oxygens (including phenoxy) is 1. The summed E-state index contributed by atoms with van der Waals surface area (Å²) in [5, 5.41) is 5.78. The van der Waals surface area contributed by atoms with Crippen LogP contribution in [-0.2, 0) is 0 Å². The summed E-state index contributed by atoms with van der Waals surface area (Å²) in [5.74, 6) is 0.797. The van der Waals surface area contributed by atoms with E-state index < -0.39 is 0 Å². The maximum absolute atomic E-state index is 5.26. The molecule has 2 rings (SSSR count). The third-order valence-electron chi connectivity index (χ3n) is 2.82. The van der Waals surface area contributed by atoms with Gasteiger partial charge in [-0.1, -0.05) is 6.92 Å². The minimum atomic E-state index is 0.183. The van der Waals surface area contributed by atoms with E-state index in [0.29, 0.717) is 0 Å². The molecule has 0 aliphatic carbocycles. The van der Waals surface area contributed by atoms with Crippen molar-refractivity contribution >= 4 is 33.9 Å². The van der Waals surface area contributed by atoms with Crippen molar-refractivity contribution in [1.29, 1.82) is 0 Å². The number of methoxy groups -OCH3 is 1. The molecule has 2 aromatic heterocycles. The number of hydrogen-bond acceptors (Lipinski definition) is 4. The van der Waals surface area contributed by atoms with Gasteiger partial charge in [0.15, 0.2) is 0 Å². The number of rotatable bonds is 6. The van der Waals surface area contributed by atoms with Gasteiger partial charge in [-0.25, -0.2) is 0 Å². The van der Waals surface area contributed by atoms with Crippen molar-refractivity contribution in [3.05, 3.63) is 43.9 Å². The quantitative estimate of drug-likeness (QED) is 0.764. The molecule has 2 aromatic rings. The molecule has 0 saturated heterocycles. The Morgan fingerprint density at radius 3 is 2.84 bits per heavy atom. The second-order valence-electron chi connectivity index (χ2n) is 4.23. The highest BCUT2D eigenvalue weighted by Crippen LogP contribution is 2.28. The fraction of sp³-hybridized carbons (Fsp3) is 0.357. The molecule has 0 saturated carbocycles. The average Bonchev–Trinajstić information content (AvgIpc) is 2.86. The van der Waals surface area contributed by atoms with E-state index in [0.717, 1.165) is 24.3 Å². The normalized spacial score (nSPS) is 12.4. The molecule has 3 nitrogen and oxygen atoms in total. The van der Waals surface area contributed by atoms with E-state index in [4.69, 9.17) is 4.74 Å². The number of aromatic nitrogens is 1. The number of nitrogens with one attached hydrogen (secondary N) is 1. The lowest BCUT2D eigenvalue weighted by Crippen LogP contribution is -2.22. The first-order valence-electron chi connectivity index (χ1n) is 6.20. The van der Waals surface area contributed by atoms with Crippen molar-refractivity contribution in [2.45, 2.75) is 19.4 Å². The van der Waals surface area contributed by atoms with Gasteiger partial charge in [0.05, 0.1) is 22.2 Å². The summed E-state index contributed by atoms with van der Waals surface area (Å²) in [7, 11) is 1.67. The van der Waals surface area contributed by atoms with Gasteiger partial charge in [-0.15, -0.1) is 11.3 Å². The zero-order valence-electron chi connectivity index (χ0n) is 11.0. The van der Waals surface area contributed by atoms with Crippen LogP contribution in [0.15, 0.2) is 29.9 Å². The standard InChI is InChI=1S/C14H17IN2OS/c1-3-4-17-14(11-6-13(15)19-9-11)10-5-12(18-2)8-16-7-10/h5-9,14,17H,3-4H2,1-2H3. The molecule has 2 heterocycles. The van der Waals surface area contributed by atoms with Gasteiger partial charge in [-0.3, -0.25) is 4.98 Å². The Morgan fingerprint density at radius 1 is 1.37 bits per heavy atom. The molecular formula is C14H17IN2OS. The molecule has 0 spiro atoms. The van der Waals surface area contributed by atoms with Crippen molar-refractivity contribution in [2.24, 2.45) is 0 Å². The molecule has 0 amide bonds. The Balaban J connectivity index is 2.30. The lowest BCUT2D eigenvalue weighted by molar-refractivity contribution is 0.411.